The topological polar surface area (TPSA) is 75.7 Å². The van der Waals surface area contributed by atoms with Crippen LogP contribution in [-0.4, -0.2) is 28.7 Å². The second kappa shape index (κ2) is 6.87. The molecule has 0 radical (unpaired) electrons. The third-order valence-corrected chi connectivity index (χ3v) is 5.06. The van der Waals surface area contributed by atoms with Gasteiger partial charge in [-0.1, -0.05) is 30.3 Å². The molecule has 2 heterocycles. The Kier molecular flexibility index (Phi) is 4.39. The average Bonchev–Trinajstić information content (AvgIpc) is 2.96. The summed E-state index contributed by atoms with van der Waals surface area (Å²) in [6.07, 6.45) is 0.613. The van der Waals surface area contributed by atoms with Crippen LogP contribution in [0.5, 0.6) is 5.75 Å². The number of carbonyl (C=O) groups excluding carboxylic acids is 3. The predicted molar refractivity (Wildman–Crippen MR) is 98.0 cm³/mol. The van der Waals surface area contributed by atoms with Crippen LogP contribution in [0.15, 0.2) is 42.5 Å². The van der Waals surface area contributed by atoms with E-state index < -0.39 is 11.9 Å². The predicted octanol–water partition coefficient (Wildman–Crippen LogP) is 2.34. The lowest BCUT2D eigenvalue weighted by molar-refractivity contribution is -0.136. The highest BCUT2D eigenvalue weighted by molar-refractivity contribution is 6.05. The van der Waals surface area contributed by atoms with Crippen LogP contribution in [0, 0.1) is 6.92 Å². The maximum atomic E-state index is 12.8. The number of hydrogen-bond acceptors (Lipinski definition) is 4. The number of carbonyl (C=O) groups is 3. The first-order valence-corrected chi connectivity index (χ1v) is 8.98. The summed E-state index contributed by atoms with van der Waals surface area (Å²) in [6.45, 7) is 2.70. The van der Waals surface area contributed by atoms with Gasteiger partial charge in [-0.05, 0) is 42.2 Å². The zero-order valence-corrected chi connectivity index (χ0v) is 15.0. The van der Waals surface area contributed by atoms with Crippen molar-refractivity contribution in [3.8, 4) is 5.75 Å². The molecule has 2 aromatic carbocycles. The molecular weight excluding hydrogens is 344 g/mol. The van der Waals surface area contributed by atoms with Crippen LogP contribution in [-0.2, 0) is 22.7 Å². The van der Waals surface area contributed by atoms with Crippen molar-refractivity contribution in [2.24, 2.45) is 0 Å². The zero-order valence-electron chi connectivity index (χ0n) is 15.0. The van der Waals surface area contributed by atoms with E-state index in [4.69, 9.17) is 4.74 Å². The molecule has 2 aliphatic heterocycles. The monoisotopic (exact) mass is 364 g/mol. The lowest BCUT2D eigenvalue weighted by Crippen LogP contribution is -2.52. The van der Waals surface area contributed by atoms with Gasteiger partial charge in [0.25, 0.3) is 5.91 Å². The maximum Gasteiger partial charge on any atom is 0.255 e. The van der Waals surface area contributed by atoms with Gasteiger partial charge in [-0.3, -0.25) is 19.7 Å². The summed E-state index contributed by atoms with van der Waals surface area (Å²) >= 11 is 0. The molecule has 27 heavy (non-hydrogen) atoms. The average molecular weight is 364 g/mol. The third-order valence-electron chi connectivity index (χ3n) is 5.06. The molecule has 3 amide bonds. The molecule has 2 aliphatic rings. The summed E-state index contributed by atoms with van der Waals surface area (Å²) in [6, 6.07) is 13.0. The second-order valence-corrected chi connectivity index (χ2v) is 6.95. The van der Waals surface area contributed by atoms with E-state index in [9.17, 15) is 14.4 Å². The molecule has 1 unspecified atom stereocenters. The van der Waals surface area contributed by atoms with Crippen LogP contribution in [0.3, 0.4) is 0 Å². The van der Waals surface area contributed by atoms with Gasteiger partial charge in [0.1, 0.15) is 18.4 Å². The molecular formula is C21H20N2O4. The Morgan fingerprint density at radius 1 is 1.15 bits per heavy atom. The number of rotatable bonds is 4. The number of aryl methyl sites for hydroxylation is 1. The first-order valence-electron chi connectivity index (χ1n) is 8.98. The fourth-order valence-corrected chi connectivity index (χ4v) is 3.59. The molecule has 6 nitrogen and oxygen atoms in total. The van der Waals surface area contributed by atoms with E-state index in [1.165, 1.54) is 0 Å². The summed E-state index contributed by atoms with van der Waals surface area (Å²) in [5.41, 5.74) is 3.39. The van der Waals surface area contributed by atoms with Crippen LogP contribution in [0.4, 0.5) is 0 Å². The molecule has 0 aliphatic carbocycles. The van der Waals surface area contributed by atoms with E-state index in [-0.39, 0.29) is 18.2 Å². The molecule has 4 rings (SSSR count). The molecule has 2 aromatic rings. The lowest BCUT2D eigenvalue weighted by atomic mass is 10.0. The highest BCUT2D eigenvalue weighted by Gasteiger charge is 2.39. The standard InChI is InChI=1S/C21H20N2O4/c1-13-9-16-15(10-18(13)27-12-14-5-3-2-4-6-14)11-23(21(16)26)17-7-8-19(24)22-20(17)25/h2-6,9-10,17H,7-8,11-12H2,1H3,(H,22,24,25). The van der Waals surface area contributed by atoms with Crippen molar-refractivity contribution in [2.45, 2.75) is 39.0 Å². The lowest BCUT2D eigenvalue weighted by Gasteiger charge is -2.29. The molecule has 0 spiro atoms. The van der Waals surface area contributed by atoms with E-state index in [0.717, 1.165) is 22.4 Å². The minimum absolute atomic E-state index is 0.169. The number of benzene rings is 2. The van der Waals surface area contributed by atoms with Gasteiger partial charge in [0.05, 0.1) is 0 Å². The second-order valence-electron chi connectivity index (χ2n) is 6.95. The number of nitrogens with zero attached hydrogens (tertiary/aromatic N) is 1. The summed E-state index contributed by atoms with van der Waals surface area (Å²) in [5.74, 6) is -0.120. The molecule has 0 aromatic heterocycles. The number of imide groups is 1. The van der Waals surface area contributed by atoms with Crippen LogP contribution >= 0.6 is 0 Å². The third kappa shape index (κ3) is 3.30. The Balaban J connectivity index is 1.53. The smallest absolute Gasteiger partial charge is 0.255 e. The number of hydrogen-bond donors (Lipinski definition) is 1. The Bertz CT molecular complexity index is 923. The van der Waals surface area contributed by atoms with Crippen molar-refractivity contribution >= 4 is 17.7 Å². The van der Waals surface area contributed by atoms with Gasteiger partial charge >= 0.3 is 0 Å². The highest BCUT2D eigenvalue weighted by atomic mass is 16.5. The van der Waals surface area contributed by atoms with Crippen molar-refractivity contribution in [1.82, 2.24) is 10.2 Å². The van der Waals surface area contributed by atoms with E-state index >= 15 is 0 Å². The van der Waals surface area contributed by atoms with Crippen molar-refractivity contribution < 1.29 is 19.1 Å². The van der Waals surface area contributed by atoms with Crippen molar-refractivity contribution in [3.63, 3.8) is 0 Å². The SMILES string of the molecule is Cc1cc2c(cc1OCc1ccccc1)CN(C1CCC(=O)NC1=O)C2=O. The summed E-state index contributed by atoms with van der Waals surface area (Å²) in [7, 11) is 0. The first kappa shape index (κ1) is 17.3. The normalized spacial score (nSPS) is 19.1. The van der Waals surface area contributed by atoms with Gasteiger partial charge in [-0.2, -0.15) is 0 Å². The quantitative estimate of drug-likeness (QED) is 0.845. The molecule has 1 N–H and O–H groups in total. The van der Waals surface area contributed by atoms with E-state index in [0.29, 0.717) is 25.1 Å². The fraction of sp³-hybridized carbons (Fsp3) is 0.286. The van der Waals surface area contributed by atoms with E-state index in [2.05, 4.69) is 5.32 Å². The molecule has 1 atom stereocenters. The van der Waals surface area contributed by atoms with E-state index in [1.54, 1.807) is 4.90 Å². The Morgan fingerprint density at radius 2 is 1.93 bits per heavy atom. The molecule has 1 saturated heterocycles. The van der Waals surface area contributed by atoms with Crippen molar-refractivity contribution in [2.75, 3.05) is 0 Å². The van der Waals surface area contributed by atoms with E-state index in [1.807, 2.05) is 49.4 Å². The van der Waals surface area contributed by atoms with Crippen molar-refractivity contribution in [1.29, 1.82) is 0 Å². The molecule has 138 valence electrons. The summed E-state index contributed by atoms with van der Waals surface area (Å²) in [4.78, 5) is 37.8. The molecule has 1 fully saturated rings. The first-order chi connectivity index (χ1) is 13.0. The Hall–Kier alpha value is -3.15. The number of fused-ring (bicyclic) bond motifs is 1. The van der Waals surface area contributed by atoms with Crippen LogP contribution in [0.1, 0.15) is 39.9 Å². The highest BCUT2D eigenvalue weighted by Crippen LogP contribution is 2.32. The number of piperidine rings is 1. The molecule has 0 bridgehead atoms. The van der Waals surface area contributed by atoms with Crippen LogP contribution < -0.4 is 10.1 Å². The van der Waals surface area contributed by atoms with Crippen LogP contribution in [0.25, 0.3) is 0 Å². The van der Waals surface area contributed by atoms with Gasteiger partial charge in [-0.25, -0.2) is 0 Å². The number of ether oxygens (including phenoxy) is 1. The molecule has 0 saturated carbocycles. The Morgan fingerprint density at radius 3 is 2.67 bits per heavy atom. The van der Waals surface area contributed by atoms with Gasteiger partial charge in [0.15, 0.2) is 0 Å². The van der Waals surface area contributed by atoms with Gasteiger partial charge in [0.2, 0.25) is 11.8 Å². The van der Waals surface area contributed by atoms with Gasteiger partial charge < -0.3 is 9.64 Å². The van der Waals surface area contributed by atoms with Gasteiger partial charge in [0, 0.05) is 18.5 Å². The van der Waals surface area contributed by atoms with Gasteiger partial charge in [-0.15, -0.1) is 0 Å². The number of nitrogens with one attached hydrogen (secondary N) is 1. The minimum Gasteiger partial charge on any atom is -0.489 e. The largest absolute Gasteiger partial charge is 0.489 e. The summed E-state index contributed by atoms with van der Waals surface area (Å²) in [5, 5.41) is 2.32. The minimum atomic E-state index is -0.600. The zero-order chi connectivity index (χ0) is 19.0. The van der Waals surface area contributed by atoms with Crippen LogP contribution in [0.2, 0.25) is 0 Å². The van der Waals surface area contributed by atoms with Crippen molar-refractivity contribution in [3.05, 3.63) is 64.7 Å². The molecule has 6 heteroatoms. The summed E-state index contributed by atoms with van der Waals surface area (Å²) < 4.78 is 5.95. The maximum absolute atomic E-state index is 12.8. The Labute approximate surface area is 157 Å². The number of amides is 3. The fourth-order valence-electron chi connectivity index (χ4n) is 3.59.